The van der Waals surface area contributed by atoms with Crippen LogP contribution >= 0.6 is 27.5 Å². The van der Waals surface area contributed by atoms with Crippen molar-refractivity contribution in [3.63, 3.8) is 0 Å². The first-order chi connectivity index (χ1) is 9.19. The maximum Gasteiger partial charge on any atom is 0.146 e. The normalized spacial score (nSPS) is 10.5. The number of hydrogen-bond donors (Lipinski definition) is 1. The number of halogens is 2. The maximum absolute atomic E-state index is 6.02. The molecule has 1 aromatic heterocycles. The third-order valence-corrected chi connectivity index (χ3v) is 3.16. The highest BCUT2D eigenvalue weighted by Gasteiger charge is 2.06. The van der Waals surface area contributed by atoms with Crippen LogP contribution < -0.4 is 10.1 Å². The lowest BCUT2D eigenvalue weighted by molar-refractivity contribution is 0.470. The van der Waals surface area contributed by atoms with E-state index in [0.29, 0.717) is 17.3 Å². The minimum absolute atomic E-state index is 0.689. The number of pyridine rings is 1. The Morgan fingerprint density at radius 2 is 2.16 bits per heavy atom. The molecule has 0 spiro atoms. The highest BCUT2D eigenvalue weighted by atomic mass is 79.9. The van der Waals surface area contributed by atoms with Gasteiger partial charge in [0.25, 0.3) is 0 Å². The maximum atomic E-state index is 6.02. The summed E-state index contributed by atoms with van der Waals surface area (Å²) in [6.45, 7) is 3.67. The molecule has 0 fully saturated rings. The Kier molecular flexibility index (Phi) is 5.19. The van der Waals surface area contributed by atoms with E-state index in [-0.39, 0.29) is 0 Å². The second kappa shape index (κ2) is 6.89. The van der Waals surface area contributed by atoms with Gasteiger partial charge in [-0.25, -0.2) is 0 Å². The Labute approximate surface area is 126 Å². The van der Waals surface area contributed by atoms with Gasteiger partial charge in [0, 0.05) is 27.8 Å². The molecule has 19 heavy (non-hydrogen) atoms. The minimum atomic E-state index is 0.689. The molecule has 0 aliphatic rings. The first kappa shape index (κ1) is 14.3. The third-order valence-electron chi connectivity index (χ3n) is 2.50. The van der Waals surface area contributed by atoms with Gasteiger partial charge < -0.3 is 10.1 Å². The Hall–Kier alpha value is -1.10. The Morgan fingerprint density at radius 1 is 1.32 bits per heavy atom. The number of rotatable bonds is 5. The summed E-state index contributed by atoms with van der Waals surface area (Å²) in [5.74, 6) is 1.47. The second-order valence-corrected chi connectivity index (χ2v) is 5.33. The minimum Gasteiger partial charge on any atom is -0.455 e. The van der Waals surface area contributed by atoms with Crippen molar-refractivity contribution in [3.8, 4) is 11.5 Å². The zero-order chi connectivity index (χ0) is 13.7. The molecule has 0 atom stereocenters. The molecule has 0 amide bonds. The molecule has 100 valence electrons. The molecule has 1 heterocycles. The first-order valence-corrected chi connectivity index (χ1v) is 7.13. The van der Waals surface area contributed by atoms with E-state index in [1.165, 1.54) is 0 Å². The van der Waals surface area contributed by atoms with Crippen molar-refractivity contribution in [3.05, 3.63) is 51.7 Å². The predicted molar refractivity (Wildman–Crippen MR) is 80.8 cm³/mol. The van der Waals surface area contributed by atoms with Gasteiger partial charge in [-0.1, -0.05) is 18.5 Å². The molecular weight excluding hydrogens is 328 g/mol. The summed E-state index contributed by atoms with van der Waals surface area (Å²) in [5.41, 5.74) is 1.02. The lowest BCUT2D eigenvalue weighted by Crippen LogP contribution is -2.12. The number of ether oxygens (including phenoxy) is 1. The van der Waals surface area contributed by atoms with Gasteiger partial charge in [0.1, 0.15) is 11.5 Å². The molecule has 0 unspecified atom stereocenters. The van der Waals surface area contributed by atoms with Crippen molar-refractivity contribution in [2.75, 3.05) is 6.54 Å². The van der Waals surface area contributed by atoms with E-state index in [9.17, 15) is 0 Å². The van der Waals surface area contributed by atoms with Gasteiger partial charge in [-0.2, -0.15) is 0 Å². The first-order valence-electron chi connectivity index (χ1n) is 5.96. The van der Waals surface area contributed by atoms with E-state index >= 15 is 0 Å². The second-order valence-electron chi connectivity index (χ2n) is 3.97. The van der Waals surface area contributed by atoms with Crippen LogP contribution in [-0.2, 0) is 6.54 Å². The molecule has 5 heteroatoms. The average Bonchev–Trinajstić information content (AvgIpc) is 2.39. The average molecular weight is 342 g/mol. The van der Waals surface area contributed by atoms with E-state index in [1.807, 2.05) is 24.3 Å². The van der Waals surface area contributed by atoms with E-state index in [0.717, 1.165) is 22.3 Å². The molecule has 0 radical (unpaired) electrons. The molecule has 0 saturated carbocycles. The van der Waals surface area contributed by atoms with Gasteiger partial charge in [-0.3, -0.25) is 4.98 Å². The fraction of sp³-hybridized carbons (Fsp3) is 0.214. The molecule has 0 aliphatic carbocycles. The highest BCUT2D eigenvalue weighted by Crippen LogP contribution is 2.28. The standard InChI is InChI=1S/C14H14BrClN2O/c1-2-17-7-10-5-12(16)3-4-14(10)19-13-6-11(15)8-18-9-13/h3-6,8-9,17H,2,7H2,1H3. The Balaban J connectivity index is 2.23. The van der Waals surface area contributed by atoms with Crippen molar-refractivity contribution in [2.45, 2.75) is 13.5 Å². The van der Waals surface area contributed by atoms with Gasteiger partial charge in [-0.15, -0.1) is 0 Å². The monoisotopic (exact) mass is 340 g/mol. The molecule has 1 N–H and O–H groups in total. The lowest BCUT2D eigenvalue weighted by Gasteiger charge is -2.12. The number of aromatic nitrogens is 1. The van der Waals surface area contributed by atoms with Crippen LogP contribution in [-0.4, -0.2) is 11.5 Å². The quantitative estimate of drug-likeness (QED) is 0.875. The number of nitrogens with zero attached hydrogens (tertiary/aromatic N) is 1. The van der Waals surface area contributed by atoms with Crippen molar-refractivity contribution in [2.24, 2.45) is 0 Å². The van der Waals surface area contributed by atoms with Crippen LogP contribution in [0.1, 0.15) is 12.5 Å². The SMILES string of the molecule is CCNCc1cc(Cl)ccc1Oc1cncc(Br)c1. The topological polar surface area (TPSA) is 34.1 Å². The largest absolute Gasteiger partial charge is 0.455 e. The van der Waals surface area contributed by atoms with Crippen LogP contribution in [0.25, 0.3) is 0 Å². The van der Waals surface area contributed by atoms with Crippen molar-refractivity contribution < 1.29 is 4.74 Å². The summed E-state index contributed by atoms with van der Waals surface area (Å²) in [4.78, 5) is 4.08. The van der Waals surface area contributed by atoms with Crippen LogP contribution in [0.3, 0.4) is 0 Å². The predicted octanol–water partition coefficient (Wildman–Crippen LogP) is 4.40. The highest BCUT2D eigenvalue weighted by molar-refractivity contribution is 9.10. The molecule has 0 saturated heterocycles. The smallest absolute Gasteiger partial charge is 0.146 e. The fourth-order valence-corrected chi connectivity index (χ4v) is 2.16. The molecule has 2 aromatic rings. The van der Waals surface area contributed by atoms with Gasteiger partial charge >= 0.3 is 0 Å². The Morgan fingerprint density at radius 3 is 2.89 bits per heavy atom. The molecule has 2 rings (SSSR count). The van der Waals surface area contributed by atoms with Gasteiger partial charge in [0.05, 0.1) is 6.20 Å². The number of hydrogen-bond acceptors (Lipinski definition) is 3. The summed E-state index contributed by atoms with van der Waals surface area (Å²) in [6.07, 6.45) is 3.39. The van der Waals surface area contributed by atoms with Crippen LogP contribution in [0, 0.1) is 0 Å². The summed E-state index contributed by atoms with van der Waals surface area (Å²) in [6, 6.07) is 7.47. The molecular formula is C14H14BrClN2O. The third kappa shape index (κ3) is 4.20. The summed E-state index contributed by atoms with van der Waals surface area (Å²) >= 11 is 9.39. The van der Waals surface area contributed by atoms with E-state index in [4.69, 9.17) is 16.3 Å². The van der Waals surface area contributed by atoms with Crippen LogP contribution in [0.4, 0.5) is 0 Å². The van der Waals surface area contributed by atoms with Crippen molar-refractivity contribution >= 4 is 27.5 Å². The molecule has 1 aromatic carbocycles. The van der Waals surface area contributed by atoms with E-state index in [1.54, 1.807) is 12.4 Å². The fourth-order valence-electron chi connectivity index (χ4n) is 1.62. The molecule has 3 nitrogen and oxygen atoms in total. The number of benzene rings is 1. The van der Waals surface area contributed by atoms with Gasteiger partial charge in [0.2, 0.25) is 0 Å². The van der Waals surface area contributed by atoms with Gasteiger partial charge in [0.15, 0.2) is 0 Å². The van der Waals surface area contributed by atoms with E-state index in [2.05, 4.69) is 33.2 Å². The zero-order valence-electron chi connectivity index (χ0n) is 10.5. The van der Waals surface area contributed by atoms with E-state index < -0.39 is 0 Å². The van der Waals surface area contributed by atoms with Crippen molar-refractivity contribution in [1.82, 2.24) is 10.3 Å². The Bertz CT molecular complexity index is 563. The lowest BCUT2D eigenvalue weighted by atomic mass is 10.2. The van der Waals surface area contributed by atoms with Crippen LogP contribution in [0.15, 0.2) is 41.1 Å². The molecule has 0 bridgehead atoms. The summed E-state index contributed by atoms with van der Waals surface area (Å²) in [7, 11) is 0. The van der Waals surface area contributed by atoms with Crippen LogP contribution in [0.2, 0.25) is 5.02 Å². The van der Waals surface area contributed by atoms with Crippen LogP contribution in [0.5, 0.6) is 11.5 Å². The number of nitrogens with one attached hydrogen (secondary N) is 1. The summed E-state index contributed by atoms with van der Waals surface area (Å²) in [5, 5.41) is 3.97. The molecule has 0 aliphatic heterocycles. The van der Waals surface area contributed by atoms with Crippen molar-refractivity contribution in [1.29, 1.82) is 0 Å². The zero-order valence-corrected chi connectivity index (χ0v) is 12.8. The summed E-state index contributed by atoms with van der Waals surface area (Å²) < 4.78 is 6.73. The van der Waals surface area contributed by atoms with Gasteiger partial charge in [-0.05, 0) is 46.7 Å².